The van der Waals surface area contributed by atoms with Gasteiger partial charge in [0, 0.05) is 10.9 Å². The lowest BCUT2D eigenvalue weighted by atomic mass is 10.1. The minimum Gasteiger partial charge on any atom is -0.478 e. The van der Waals surface area contributed by atoms with E-state index in [0.29, 0.717) is 18.3 Å². The van der Waals surface area contributed by atoms with Crippen molar-refractivity contribution < 1.29 is 14.3 Å². The molecule has 1 aliphatic carbocycles. The number of rotatable bonds is 5. The Hall–Kier alpha value is -1.88. The Bertz CT molecular complexity index is 623. The van der Waals surface area contributed by atoms with Gasteiger partial charge in [0.15, 0.2) is 0 Å². The van der Waals surface area contributed by atoms with Crippen molar-refractivity contribution in [2.75, 3.05) is 4.90 Å². The van der Waals surface area contributed by atoms with Crippen molar-refractivity contribution in [1.82, 2.24) is 0 Å². The average molecular weight is 291 g/mol. The van der Waals surface area contributed by atoms with Crippen LogP contribution in [0, 0.1) is 5.82 Å². The third kappa shape index (κ3) is 2.67. The maximum atomic E-state index is 13.3. The van der Waals surface area contributed by atoms with Gasteiger partial charge in [0.2, 0.25) is 0 Å². The lowest BCUT2D eigenvalue weighted by molar-refractivity contribution is 0.0697. The minimum absolute atomic E-state index is 0.0356. The minimum atomic E-state index is -1.09. The number of nitrogens with zero attached hydrogens (tertiary/aromatic N) is 1. The van der Waals surface area contributed by atoms with E-state index in [9.17, 15) is 14.3 Å². The second-order valence-corrected chi connectivity index (χ2v) is 5.94. The molecule has 1 aromatic heterocycles. The molecule has 0 unspecified atom stereocenters. The number of carboxylic acids is 1. The highest BCUT2D eigenvalue weighted by atomic mass is 32.1. The van der Waals surface area contributed by atoms with Gasteiger partial charge >= 0.3 is 5.97 Å². The van der Waals surface area contributed by atoms with Crippen LogP contribution in [0.4, 0.5) is 10.1 Å². The average Bonchev–Trinajstić information content (AvgIpc) is 3.13. The summed E-state index contributed by atoms with van der Waals surface area (Å²) in [6, 6.07) is 8.37. The topological polar surface area (TPSA) is 40.5 Å². The molecule has 0 spiro atoms. The SMILES string of the molecule is O=C(O)c1cc(F)ccc1N(Cc1cccs1)C1CC1. The van der Waals surface area contributed by atoms with Crippen LogP contribution in [0.15, 0.2) is 35.7 Å². The van der Waals surface area contributed by atoms with Crippen LogP contribution in [0.1, 0.15) is 28.1 Å². The molecule has 0 bridgehead atoms. The van der Waals surface area contributed by atoms with Gasteiger partial charge in [-0.3, -0.25) is 0 Å². The number of carbonyl (C=O) groups is 1. The normalized spacial score (nSPS) is 14.2. The Morgan fingerprint density at radius 3 is 2.80 bits per heavy atom. The van der Waals surface area contributed by atoms with Crippen molar-refractivity contribution in [3.05, 3.63) is 52.0 Å². The van der Waals surface area contributed by atoms with E-state index in [1.807, 2.05) is 17.5 Å². The summed E-state index contributed by atoms with van der Waals surface area (Å²) >= 11 is 1.65. The predicted molar refractivity (Wildman–Crippen MR) is 76.9 cm³/mol. The quantitative estimate of drug-likeness (QED) is 0.912. The Morgan fingerprint density at radius 2 is 2.20 bits per heavy atom. The summed E-state index contributed by atoms with van der Waals surface area (Å²) in [7, 11) is 0. The molecule has 1 saturated carbocycles. The van der Waals surface area contributed by atoms with Gasteiger partial charge in [-0.2, -0.15) is 0 Å². The van der Waals surface area contributed by atoms with Crippen LogP contribution in [0.3, 0.4) is 0 Å². The van der Waals surface area contributed by atoms with Gasteiger partial charge in [-0.05, 0) is 42.5 Å². The van der Waals surface area contributed by atoms with Crippen molar-refractivity contribution in [2.24, 2.45) is 0 Å². The Kier molecular flexibility index (Phi) is 3.44. The maximum Gasteiger partial charge on any atom is 0.337 e. The van der Waals surface area contributed by atoms with Gasteiger partial charge in [0.25, 0.3) is 0 Å². The van der Waals surface area contributed by atoms with Gasteiger partial charge in [-0.15, -0.1) is 11.3 Å². The van der Waals surface area contributed by atoms with Gasteiger partial charge in [0.1, 0.15) is 5.82 Å². The zero-order valence-corrected chi connectivity index (χ0v) is 11.6. The summed E-state index contributed by atoms with van der Waals surface area (Å²) in [5, 5.41) is 11.3. The molecule has 3 rings (SSSR count). The highest BCUT2D eigenvalue weighted by Gasteiger charge is 2.31. The molecule has 104 valence electrons. The summed E-state index contributed by atoms with van der Waals surface area (Å²) in [6.07, 6.45) is 2.11. The Balaban J connectivity index is 1.97. The van der Waals surface area contributed by atoms with Crippen LogP contribution in [-0.2, 0) is 6.54 Å². The number of benzene rings is 1. The highest BCUT2D eigenvalue weighted by molar-refractivity contribution is 7.09. The molecule has 1 aromatic carbocycles. The molecule has 0 radical (unpaired) electrons. The third-order valence-electron chi connectivity index (χ3n) is 3.39. The molecular weight excluding hydrogens is 277 g/mol. The fraction of sp³-hybridized carbons (Fsp3) is 0.267. The van der Waals surface area contributed by atoms with Gasteiger partial charge in [-0.1, -0.05) is 6.07 Å². The third-order valence-corrected chi connectivity index (χ3v) is 4.25. The number of anilines is 1. The van der Waals surface area contributed by atoms with Crippen LogP contribution >= 0.6 is 11.3 Å². The number of halogens is 1. The van der Waals surface area contributed by atoms with E-state index in [-0.39, 0.29) is 5.56 Å². The summed E-state index contributed by atoms with van der Waals surface area (Å²) in [6.45, 7) is 0.675. The summed E-state index contributed by atoms with van der Waals surface area (Å²) in [5.41, 5.74) is 0.642. The van der Waals surface area contributed by atoms with Crippen LogP contribution in [0.25, 0.3) is 0 Å². The highest BCUT2D eigenvalue weighted by Crippen LogP contribution is 2.35. The lowest BCUT2D eigenvalue weighted by Crippen LogP contribution is -2.26. The van der Waals surface area contributed by atoms with Crippen molar-refractivity contribution in [2.45, 2.75) is 25.4 Å². The van der Waals surface area contributed by atoms with E-state index in [1.165, 1.54) is 10.9 Å². The van der Waals surface area contributed by atoms with Crippen LogP contribution in [0.5, 0.6) is 0 Å². The first kappa shape index (κ1) is 13.1. The molecule has 1 heterocycles. The first-order valence-electron chi connectivity index (χ1n) is 6.47. The molecule has 2 aromatic rings. The van der Waals surface area contributed by atoms with Gasteiger partial charge < -0.3 is 10.0 Å². The van der Waals surface area contributed by atoms with E-state index < -0.39 is 11.8 Å². The van der Waals surface area contributed by atoms with Crippen molar-refractivity contribution in [3.63, 3.8) is 0 Å². The second kappa shape index (κ2) is 5.25. The summed E-state index contributed by atoms with van der Waals surface area (Å²) in [5.74, 6) is -1.60. The van der Waals surface area contributed by atoms with Gasteiger partial charge in [0.05, 0.1) is 17.8 Å². The van der Waals surface area contributed by atoms with Crippen molar-refractivity contribution >= 4 is 23.0 Å². The summed E-state index contributed by atoms with van der Waals surface area (Å²) < 4.78 is 13.3. The molecule has 0 atom stereocenters. The van der Waals surface area contributed by atoms with E-state index in [2.05, 4.69) is 4.90 Å². The number of thiophene rings is 1. The molecule has 1 N–H and O–H groups in total. The number of aromatic carboxylic acids is 1. The van der Waals surface area contributed by atoms with Crippen LogP contribution in [-0.4, -0.2) is 17.1 Å². The van der Waals surface area contributed by atoms with E-state index in [0.717, 1.165) is 18.9 Å². The molecule has 3 nitrogen and oxygen atoms in total. The Labute approximate surface area is 120 Å². The predicted octanol–water partition coefficient (Wildman–Crippen LogP) is 3.75. The second-order valence-electron chi connectivity index (χ2n) is 4.91. The fourth-order valence-electron chi connectivity index (χ4n) is 2.30. The first-order valence-corrected chi connectivity index (χ1v) is 7.35. The zero-order chi connectivity index (χ0) is 14.1. The number of hydrogen-bond donors (Lipinski definition) is 1. The molecule has 1 aliphatic rings. The van der Waals surface area contributed by atoms with E-state index in [4.69, 9.17) is 0 Å². The Morgan fingerprint density at radius 1 is 1.40 bits per heavy atom. The van der Waals surface area contributed by atoms with Crippen LogP contribution in [0.2, 0.25) is 0 Å². The molecule has 20 heavy (non-hydrogen) atoms. The first-order chi connectivity index (χ1) is 9.65. The number of carboxylic acid groups (broad SMARTS) is 1. The van der Waals surface area contributed by atoms with Crippen LogP contribution < -0.4 is 4.90 Å². The van der Waals surface area contributed by atoms with Crippen molar-refractivity contribution in [1.29, 1.82) is 0 Å². The molecule has 5 heteroatoms. The largest absolute Gasteiger partial charge is 0.478 e. The molecule has 0 saturated heterocycles. The maximum absolute atomic E-state index is 13.3. The monoisotopic (exact) mass is 291 g/mol. The standard InChI is InChI=1S/C15H14FNO2S/c16-10-3-6-14(13(8-10)15(18)19)17(11-4-5-11)9-12-2-1-7-20-12/h1-3,6-8,11H,4-5,9H2,(H,18,19). The molecule has 1 fully saturated rings. The smallest absolute Gasteiger partial charge is 0.337 e. The zero-order valence-electron chi connectivity index (χ0n) is 10.8. The van der Waals surface area contributed by atoms with E-state index in [1.54, 1.807) is 17.4 Å². The van der Waals surface area contributed by atoms with E-state index >= 15 is 0 Å². The molecular formula is C15H14FNO2S. The van der Waals surface area contributed by atoms with Crippen molar-refractivity contribution in [3.8, 4) is 0 Å². The lowest BCUT2D eigenvalue weighted by Gasteiger charge is -2.25. The van der Waals surface area contributed by atoms with Gasteiger partial charge in [-0.25, -0.2) is 9.18 Å². The fourth-order valence-corrected chi connectivity index (χ4v) is 3.00. The molecule has 0 amide bonds. The summed E-state index contributed by atoms with van der Waals surface area (Å²) in [4.78, 5) is 14.6. The number of hydrogen-bond acceptors (Lipinski definition) is 3. The molecule has 0 aliphatic heterocycles.